The predicted molar refractivity (Wildman–Crippen MR) is 256 cm³/mol. The van der Waals surface area contributed by atoms with E-state index in [2.05, 4.69) is 205 Å². The molecule has 0 saturated heterocycles. The molecule has 0 unspecified atom stereocenters. The summed E-state index contributed by atoms with van der Waals surface area (Å²) in [6, 6.07) is 73.9. The van der Waals surface area contributed by atoms with E-state index in [-0.39, 0.29) is 0 Å². The number of hydrogen-bond acceptors (Lipinski definition) is 4. The van der Waals surface area contributed by atoms with Crippen LogP contribution in [0.25, 0.3) is 93.9 Å². The summed E-state index contributed by atoms with van der Waals surface area (Å²) >= 11 is 5.66. The maximum absolute atomic E-state index is 2.58. The lowest BCUT2D eigenvalue weighted by Gasteiger charge is -2.29. The normalized spacial score (nSPS) is 11.8. The number of nitrogens with zero attached hydrogens (tertiary/aromatic N) is 1. The van der Waals surface area contributed by atoms with Crippen LogP contribution in [0.2, 0.25) is 0 Å². The molecule has 0 aliphatic heterocycles. The lowest BCUT2D eigenvalue weighted by atomic mass is 9.97. The quantitative estimate of drug-likeness (QED) is 0.162. The molecule has 272 valence electrons. The largest absolute Gasteiger partial charge is 0.309 e. The number of hydrogen-bond donors (Lipinski definition) is 0. The van der Waals surface area contributed by atoms with Crippen LogP contribution in [0.4, 0.5) is 17.1 Å². The lowest BCUT2D eigenvalue weighted by Crippen LogP contribution is -2.11. The Bertz CT molecular complexity index is 3500. The molecule has 9 aromatic carbocycles. The average molecular weight is 792 g/mol. The summed E-state index contributed by atoms with van der Waals surface area (Å²) in [7, 11) is 0. The summed E-state index contributed by atoms with van der Waals surface area (Å²) in [5, 5.41) is 7.69. The van der Waals surface area contributed by atoms with Crippen LogP contribution in [-0.4, -0.2) is 0 Å². The van der Waals surface area contributed by atoms with Crippen LogP contribution in [0.5, 0.6) is 0 Å². The van der Waals surface area contributed by atoms with Crippen LogP contribution >= 0.6 is 34.0 Å². The third-order valence-electron chi connectivity index (χ3n) is 11.5. The van der Waals surface area contributed by atoms with Gasteiger partial charge in [0, 0.05) is 66.2 Å². The summed E-state index contributed by atoms with van der Waals surface area (Å²) < 4.78 is 7.76. The van der Waals surface area contributed by atoms with Crippen molar-refractivity contribution in [3.8, 4) is 33.4 Å². The van der Waals surface area contributed by atoms with Gasteiger partial charge in [-0.3, -0.25) is 0 Å². The fourth-order valence-electron chi connectivity index (χ4n) is 8.77. The molecule has 0 bridgehead atoms. The highest BCUT2D eigenvalue weighted by atomic mass is 32.1. The Morgan fingerprint density at radius 1 is 0.293 bits per heavy atom. The minimum absolute atomic E-state index is 1.15. The number of thiophene rings is 3. The van der Waals surface area contributed by atoms with Gasteiger partial charge in [0.25, 0.3) is 0 Å². The molecule has 1 nitrogen and oxygen atoms in total. The molecule has 0 aliphatic rings. The molecule has 0 N–H and O–H groups in total. The Kier molecular flexibility index (Phi) is 7.83. The Hall–Kier alpha value is -6.56. The third kappa shape index (κ3) is 5.41. The monoisotopic (exact) mass is 791 g/mol. The summed E-state index contributed by atoms with van der Waals surface area (Å²) in [6.45, 7) is 0. The van der Waals surface area contributed by atoms with Crippen molar-refractivity contribution < 1.29 is 0 Å². The smallest absolute Gasteiger partial charge is 0.0561 e. The molecule has 58 heavy (non-hydrogen) atoms. The van der Waals surface area contributed by atoms with Gasteiger partial charge in [0.15, 0.2) is 0 Å². The van der Waals surface area contributed by atoms with E-state index >= 15 is 0 Å². The molecule has 3 aromatic heterocycles. The SMILES string of the molecule is c1ccc(-c2ccc3c(c2)sc2cc(-c4ccccc4)cc(N(c4ccc5sc6ccccc6c5c4)c4ccc(-c5ccccc5)c5sc6ccccc6c45)c23)cc1. The zero-order valence-corrected chi connectivity index (χ0v) is 33.7. The molecule has 12 rings (SSSR count). The third-order valence-corrected chi connectivity index (χ3v) is 14.9. The predicted octanol–water partition coefficient (Wildman–Crippen LogP) is 17.3. The second-order valence-electron chi connectivity index (χ2n) is 14.8. The van der Waals surface area contributed by atoms with E-state index in [0.29, 0.717) is 0 Å². The molecule has 0 amide bonds. The number of rotatable bonds is 6. The molecule has 12 aromatic rings. The molecule has 0 atom stereocenters. The van der Waals surface area contributed by atoms with Crippen molar-refractivity contribution >= 4 is 112 Å². The zero-order chi connectivity index (χ0) is 38.2. The van der Waals surface area contributed by atoms with E-state index in [1.807, 2.05) is 34.0 Å². The molecule has 4 heteroatoms. The van der Waals surface area contributed by atoms with Gasteiger partial charge >= 0.3 is 0 Å². The molecule has 0 aliphatic carbocycles. The van der Waals surface area contributed by atoms with Gasteiger partial charge in [-0.1, -0.05) is 146 Å². The van der Waals surface area contributed by atoms with Crippen LogP contribution < -0.4 is 4.90 Å². The maximum atomic E-state index is 2.58. The van der Waals surface area contributed by atoms with Crippen molar-refractivity contribution in [1.29, 1.82) is 0 Å². The molecule has 0 saturated carbocycles. The molecular formula is C54H33NS3. The maximum Gasteiger partial charge on any atom is 0.0561 e. The van der Waals surface area contributed by atoms with Gasteiger partial charge in [0.05, 0.1) is 11.4 Å². The topological polar surface area (TPSA) is 3.24 Å². The van der Waals surface area contributed by atoms with Crippen molar-refractivity contribution in [2.45, 2.75) is 0 Å². The summed E-state index contributed by atoms with van der Waals surface area (Å²) in [5.74, 6) is 0. The number of benzene rings is 9. The van der Waals surface area contributed by atoms with Crippen LogP contribution in [0.3, 0.4) is 0 Å². The van der Waals surface area contributed by atoms with Crippen LogP contribution in [0, 0.1) is 0 Å². The average Bonchev–Trinajstić information content (AvgIpc) is 3.99. The van der Waals surface area contributed by atoms with E-state index in [0.717, 1.165) is 5.69 Å². The van der Waals surface area contributed by atoms with Gasteiger partial charge in [-0.2, -0.15) is 0 Å². The van der Waals surface area contributed by atoms with E-state index < -0.39 is 0 Å². The first-order valence-corrected chi connectivity index (χ1v) is 22.0. The van der Waals surface area contributed by atoms with Gasteiger partial charge in [-0.25, -0.2) is 0 Å². The van der Waals surface area contributed by atoms with Gasteiger partial charge in [0.2, 0.25) is 0 Å². The highest BCUT2D eigenvalue weighted by Gasteiger charge is 2.25. The van der Waals surface area contributed by atoms with E-state index in [9.17, 15) is 0 Å². The number of fused-ring (bicyclic) bond motifs is 9. The Balaban J connectivity index is 1.21. The van der Waals surface area contributed by atoms with Crippen molar-refractivity contribution in [2.24, 2.45) is 0 Å². The molecule has 3 heterocycles. The van der Waals surface area contributed by atoms with E-state index in [1.165, 1.54) is 105 Å². The highest BCUT2D eigenvalue weighted by molar-refractivity contribution is 7.27. The van der Waals surface area contributed by atoms with Crippen molar-refractivity contribution in [2.75, 3.05) is 4.90 Å². The van der Waals surface area contributed by atoms with Gasteiger partial charge < -0.3 is 4.90 Å². The van der Waals surface area contributed by atoms with Crippen LogP contribution in [0.15, 0.2) is 200 Å². The fourth-order valence-corrected chi connectivity index (χ4v) is 12.3. The Morgan fingerprint density at radius 2 is 0.879 bits per heavy atom. The molecule has 0 radical (unpaired) electrons. The molecular weight excluding hydrogens is 759 g/mol. The summed E-state index contributed by atoms with van der Waals surface area (Å²) in [6.07, 6.45) is 0. The number of anilines is 3. The summed E-state index contributed by atoms with van der Waals surface area (Å²) in [5.41, 5.74) is 10.9. The van der Waals surface area contributed by atoms with Crippen molar-refractivity contribution in [1.82, 2.24) is 0 Å². The van der Waals surface area contributed by atoms with Gasteiger partial charge in [-0.05, 0) is 88.0 Å². The standard InChI is InChI=1S/C54H33NS3/c1-4-14-34(15-5-1)37-24-26-43-50(31-37)57-51-32-38(35-16-6-2-7-17-35)30-46(52(43)51)55(39-25-29-49-44(33-39)41-20-10-12-22-47(41)56-49)45-28-27-40(36-18-8-3-9-19-36)54-53(45)42-21-11-13-23-48(42)58-54/h1-33H. The van der Waals surface area contributed by atoms with E-state index in [1.54, 1.807) is 0 Å². The zero-order valence-electron chi connectivity index (χ0n) is 31.2. The van der Waals surface area contributed by atoms with Gasteiger partial charge in [0.1, 0.15) is 0 Å². The first-order chi connectivity index (χ1) is 28.7. The fraction of sp³-hybridized carbons (Fsp3) is 0. The lowest BCUT2D eigenvalue weighted by molar-refractivity contribution is 1.33. The summed E-state index contributed by atoms with van der Waals surface area (Å²) in [4.78, 5) is 2.58. The second kappa shape index (κ2) is 13.5. The van der Waals surface area contributed by atoms with Crippen LogP contribution in [-0.2, 0) is 0 Å². The first-order valence-electron chi connectivity index (χ1n) is 19.6. The van der Waals surface area contributed by atoms with Crippen LogP contribution in [0.1, 0.15) is 0 Å². The Morgan fingerprint density at radius 3 is 1.64 bits per heavy atom. The van der Waals surface area contributed by atoms with Crippen molar-refractivity contribution in [3.63, 3.8) is 0 Å². The molecule has 0 fully saturated rings. The van der Waals surface area contributed by atoms with E-state index in [4.69, 9.17) is 0 Å². The minimum Gasteiger partial charge on any atom is -0.309 e. The molecule has 0 spiro atoms. The van der Waals surface area contributed by atoms with Gasteiger partial charge in [-0.15, -0.1) is 34.0 Å². The van der Waals surface area contributed by atoms with Crippen molar-refractivity contribution in [3.05, 3.63) is 200 Å². The second-order valence-corrected chi connectivity index (χ2v) is 18.0. The minimum atomic E-state index is 1.15. The Labute approximate surface area is 347 Å². The first kappa shape index (κ1) is 33.6. The highest BCUT2D eigenvalue weighted by Crippen LogP contribution is 2.53.